The highest BCUT2D eigenvalue weighted by atomic mass is 19.4. The molecule has 0 aliphatic heterocycles. The van der Waals surface area contributed by atoms with Crippen LogP contribution in [0.1, 0.15) is 17.2 Å². The van der Waals surface area contributed by atoms with Gasteiger partial charge in [0, 0.05) is 23.5 Å². The van der Waals surface area contributed by atoms with E-state index in [2.05, 4.69) is 0 Å². The number of aliphatic hydroxyl groups is 1. The summed E-state index contributed by atoms with van der Waals surface area (Å²) in [6, 6.07) is 4.38. The summed E-state index contributed by atoms with van der Waals surface area (Å²) in [4.78, 5) is 0. The van der Waals surface area contributed by atoms with Gasteiger partial charge in [-0.15, -0.1) is 0 Å². The van der Waals surface area contributed by atoms with Gasteiger partial charge < -0.3 is 9.67 Å². The molecule has 1 atom stereocenters. The Morgan fingerprint density at radius 3 is 2.25 bits per heavy atom. The zero-order valence-electron chi connectivity index (χ0n) is 10.0. The third kappa shape index (κ3) is 2.98. The van der Waals surface area contributed by atoms with Gasteiger partial charge in [-0.2, -0.15) is 13.2 Å². The lowest BCUT2D eigenvalue weighted by Gasteiger charge is -2.12. The maximum absolute atomic E-state index is 13.4. The van der Waals surface area contributed by atoms with Gasteiger partial charge in [0.2, 0.25) is 0 Å². The van der Waals surface area contributed by atoms with E-state index < -0.39 is 23.9 Å². The van der Waals surface area contributed by atoms with Gasteiger partial charge in [0.25, 0.3) is 0 Å². The van der Waals surface area contributed by atoms with Crippen LogP contribution in [0.3, 0.4) is 0 Å². The van der Waals surface area contributed by atoms with Crippen molar-refractivity contribution in [3.8, 4) is 0 Å². The second kappa shape index (κ2) is 5.24. The van der Waals surface area contributed by atoms with Gasteiger partial charge in [-0.05, 0) is 18.2 Å². The van der Waals surface area contributed by atoms with Crippen LogP contribution in [0.15, 0.2) is 36.7 Å². The van der Waals surface area contributed by atoms with E-state index in [0.717, 1.165) is 24.4 Å². The van der Waals surface area contributed by atoms with E-state index in [4.69, 9.17) is 5.11 Å². The molecule has 108 valence electrons. The summed E-state index contributed by atoms with van der Waals surface area (Å²) in [5.41, 5.74) is -0.634. The lowest BCUT2D eigenvalue weighted by atomic mass is 10.2. The molecule has 0 aliphatic rings. The Balaban J connectivity index is 2.22. The van der Waals surface area contributed by atoms with Crippen molar-refractivity contribution in [2.75, 3.05) is 0 Å². The second-order valence-corrected chi connectivity index (χ2v) is 4.26. The summed E-state index contributed by atoms with van der Waals surface area (Å²) in [6.45, 7) is -0.261. The molecule has 0 bridgehead atoms. The summed E-state index contributed by atoms with van der Waals surface area (Å²) in [6.07, 6.45) is -5.18. The van der Waals surface area contributed by atoms with Crippen LogP contribution in [0.25, 0.3) is 0 Å². The third-order valence-corrected chi connectivity index (χ3v) is 2.80. The predicted octanol–water partition coefficient (Wildman–Crippen LogP) is 3.41. The second-order valence-electron chi connectivity index (χ2n) is 4.26. The number of halogens is 5. The highest BCUT2D eigenvalue weighted by Gasteiger charge is 2.39. The fourth-order valence-electron chi connectivity index (χ4n) is 1.77. The molecule has 0 aliphatic carbocycles. The number of hydrogen-bond donors (Lipinski definition) is 1. The molecule has 2 nitrogen and oxygen atoms in total. The summed E-state index contributed by atoms with van der Waals surface area (Å²) in [5.74, 6) is -1.56. The van der Waals surface area contributed by atoms with E-state index in [1.165, 1.54) is 16.8 Å². The Kier molecular flexibility index (Phi) is 3.80. The summed E-state index contributed by atoms with van der Waals surface area (Å²) < 4.78 is 64.9. The predicted molar refractivity (Wildman–Crippen MR) is 60.9 cm³/mol. The number of nitrogens with zero attached hydrogens (tertiary/aromatic N) is 1. The quantitative estimate of drug-likeness (QED) is 0.861. The van der Waals surface area contributed by atoms with Gasteiger partial charge in [0.15, 0.2) is 6.10 Å². The van der Waals surface area contributed by atoms with E-state index in [1.807, 2.05) is 0 Å². The average Bonchev–Trinajstić information content (AvgIpc) is 2.80. The largest absolute Gasteiger partial charge is 0.418 e. The van der Waals surface area contributed by atoms with Gasteiger partial charge in [0.05, 0.1) is 6.54 Å². The van der Waals surface area contributed by atoms with Crippen LogP contribution in [0.5, 0.6) is 0 Å². The topological polar surface area (TPSA) is 25.2 Å². The number of rotatable bonds is 3. The number of aliphatic hydroxyl groups excluding tert-OH is 1. The Labute approximate surface area is 111 Å². The molecule has 1 unspecified atom stereocenters. The molecule has 0 amide bonds. The normalized spacial score (nSPS) is 13.5. The molecule has 0 radical (unpaired) electrons. The van der Waals surface area contributed by atoms with Crippen molar-refractivity contribution in [2.45, 2.75) is 18.8 Å². The van der Waals surface area contributed by atoms with E-state index >= 15 is 0 Å². The van der Waals surface area contributed by atoms with Gasteiger partial charge >= 0.3 is 6.18 Å². The molecular weight excluding hydrogens is 281 g/mol. The molecule has 0 fully saturated rings. The molecule has 1 aromatic carbocycles. The van der Waals surface area contributed by atoms with Crippen LogP contribution in [0.4, 0.5) is 22.0 Å². The highest BCUT2D eigenvalue weighted by Crippen LogP contribution is 2.32. The van der Waals surface area contributed by atoms with Crippen LogP contribution in [0.2, 0.25) is 0 Å². The molecule has 0 saturated carbocycles. The number of hydrogen-bond acceptors (Lipinski definition) is 1. The van der Waals surface area contributed by atoms with E-state index in [0.29, 0.717) is 0 Å². The van der Waals surface area contributed by atoms with Crippen LogP contribution in [-0.4, -0.2) is 15.8 Å². The summed E-state index contributed by atoms with van der Waals surface area (Å²) in [5, 5.41) is 9.06. The molecule has 1 aromatic heterocycles. The first kappa shape index (κ1) is 14.5. The van der Waals surface area contributed by atoms with Crippen molar-refractivity contribution in [2.24, 2.45) is 0 Å². The van der Waals surface area contributed by atoms with Crippen LogP contribution < -0.4 is 0 Å². The Morgan fingerprint density at radius 1 is 1.10 bits per heavy atom. The standard InChI is InChI=1S/C13H10F5NO/c14-10-2-1-3-11(15)9(10)7-19-5-4-8(6-19)12(20)13(16,17)18/h1-6,12,20H,7H2. The van der Waals surface area contributed by atoms with Gasteiger partial charge in [-0.1, -0.05) is 6.07 Å². The lowest BCUT2D eigenvalue weighted by molar-refractivity contribution is -0.206. The number of benzene rings is 1. The molecule has 2 rings (SSSR count). The lowest BCUT2D eigenvalue weighted by Crippen LogP contribution is -2.19. The van der Waals surface area contributed by atoms with Gasteiger partial charge in [-0.25, -0.2) is 8.78 Å². The maximum Gasteiger partial charge on any atom is 0.418 e. The Bertz CT molecular complexity index is 585. The average molecular weight is 291 g/mol. The molecule has 20 heavy (non-hydrogen) atoms. The Morgan fingerprint density at radius 2 is 1.70 bits per heavy atom. The van der Waals surface area contributed by atoms with Crippen molar-refractivity contribution in [1.82, 2.24) is 4.57 Å². The van der Waals surface area contributed by atoms with Crippen molar-refractivity contribution < 1.29 is 27.1 Å². The first-order valence-corrected chi connectivity index (χ1v) is 5.62. The first-order chi connectivity index (χ1) is 9.29. The SMILES string of the molecule is OC(c1ccn(Cc2c(F)cccc2F)c1)C(F)(F)F. The van der Waals surface area contributed by atoms with Crippen LogP contribution in [0, 0.1) is 11.6 Å². The number of alkyl halides is 3. The first-order valence-electron chi connectivity index (χ1n) is 5.62. The van der Waals surface area contributed by atoms with Crippen molar-refractivity contribution in [1.29, 1.82) is 0 Å². The smallest absolute Gasteiger partial charge is 0.379 e. The molecule has 1 N–H and O–H groups in total. The van der Waals surface area contributed by atoms with Crippen molar-refractivity contribution in [3.63, 3.8) is 0 Å². The van der Waals surface area contributed by atoms with Crippen LogP contribution >= 0.6 is 0 Å². The van der Waals surface area contributed by atoms with E-state index in [9.17, 15) is 22.0 Å². The minimum Gasteiger partial charge on any atom is -0.379 e. The molecular formula is C13H10F5NO. The monoisotopic (exact) mass is 291 g/mol. The molecule has 1 heterocycles. The highest BCUT2D eigenvalue weighted by molar-refractivity contribution is 5.22. The zero-order valence-corrected chi connectivity index (χ0v) is 10.0. The molecule has 7 heteroatoms. The Hall–Kier alpha value is -1.89. The fraction of sp³-hybridized carbons (Fsp3) is 0.231. The summed E-state index contributed by atoms with van der Waals surface area (Å²) in [7, 11) is 0. The fourth-order valence-corrected chi connectivity index (χ4v) is 1.77. The third-order valence-electron chi connectivity index (χ3n) is 2.80. The van der Waals surface area contributed by atoms with E-state index in [1.54, 1.807) is 0 Å². The van der Waals surface area contributed by atoms with Crippen LogP contribution in [-0.2, 0) is 6.54 Å². The molecule has 2 aromatic rings. The molecule has 0 saturated heterocycles. The molecule has 0 spiro atoms. The zero-order chi connectivity index (χ0) is 14.9. The van der Waals surface area contributed by atoms with E-state index in [-0.39, 0.29) is 17.7 Å². The van der Waals surface area contributed by atoms with Gasteiger partial charge in [0.1, 0.15) is 11.6 Å². The minimum absolute atomic E-state index is 0.254. The van der Waals surface area contributed by atoms with Gasteiger partial charge in [-0.3, -0.25) is 0 Å². The van der Waals surface area contributed by atoms with Crippen molar-refractivity contribution >= 4 is 0 Å². The minimum atomic E-state index is -4.78. The maximum atomic E-state index is 13.4. The summed E-state index contributed by atoms with van der Waals surface area (Å²) >= 11 is 0. The van der Waals surface area contributed by atoms with Crippen molar-refractivity contribution in [3.05, 3.63) is 59.4 Å². The number of aromatic nitrogens is 1.